The van der Waals surface area contributed by atoms with Crippen molar-refractivity contribution >= 4 is 16.6 Å². The van der Waals surface area contributed by atoms with Gasteiger partial charge in [0, 0.05) is 17.9 Å². The summed E-state index contributed by atoms with van der Waals surface area (Å²) in [5.41, 5.74) is 1.30. The van der Waals surface area contributed by atoms with Gasteiger partial charge in [0.15, 0.2) is 0 Å². The van der Waals surface area contributed by atoms with E-state index in [4.69, 9.17) is 14.9 Å². The Hall–Kier alpha value is -3.03. The van der Waals surface area contributed by atoms with Gasteiger partial charge in [-0.15, -0.1) is 4.73 Å². The molecular weight excluding hydrogens is 324 g/mol. The summed E-state index contributed by atoms with van der Waals surface area (Å²) in [6.45, 7) is 0. The fraction of sp³-hybridized carbons (Fsp3) is 0.167. The molecule has 4 N–H and O–H groups in total. The number of ether oxygens (including phenoxy) is 1. The molecule has 0 radical (unpaired) electrons. The molecule has 0 aliphatic carbocycles. The SMILES string of the molecule is COc1cc2c(cc1Cc1ccccc1)cc(NC(O)O)c(=O)n2O. The molecule has 0 bridgehead atoms. The highest BCUT2D eigenvalue weighted by Crippen LogP contribution is 2.28. The van der Waals surface area contributed by atoms with E-state index in [1.807, 2.05) is 30.3 Å². The maximum atomic E-state index is 12.1. The van der Waals surface area contributed by atoms with Gasteiger partial charge < -0.3 is 25.5 Å². The lowest BCUT2D eigenvalue weighted by atomic mass is 10.0. The molecule has 0 spiro atoms. The molecule has 0 aliphatic heterocycles. The molecular formula is C18H18N2O5. The van der Waals surface area contributed by atoms with Gasteiger partial charge in [-0.1, -0.05) is 30.3 Å². The number of fused-ring (bicyclic) bond motifs is 1. The largest absolute Gasteiger partial charge is 0.496 e. The van der Waals surface area contributed by atoms with Crippen LogP contribution in [0.5, 0.6) is 5.75 Å². The molecule has 3 aromatic rings. The first-order valence-electron chi connectivity index (χ1n) is 7.62. The van der Waals surface area contributed by atoms with E-state index in [2.05, 4.69) is 5.32 Å². The first kappa shape index (κ1) is 16.8. The Morgan fingerprint density at radius 2 is 1.88 bits per heavy atom. The number of aliphatic hydroxyl groups is 2. The van der Waals surface area contributed by atoms with Gasteiger partial charge in [-0.2, -0.15) is 0 Å². The minimum atomic E-state index is -1.91. The molecule has 7 nitrogen and oxygen atoms in total. The molecule has 7 heteroatoms. The van der Waals surface area contributed by atoms with Crippen LogP contribution in [0.15, 0.2) is 53.3 Å². The van der Waals surface area contributed by atoms with Gasteiger partial charge >= 0.3 is 5.56 Å². The van der Waals surface area contributed by atoms with Crippen LogP contribution in [-0.2, 0) is 6.42 Å². The number of pyridine rings is 1. The van der Waals surface area contributed by atoms with Gasteiger partial charge in [-0.25, -0.2) is 0 Å². The number of aliphatic hydroxyl groups excluding tert-OH is 1. The molecule has 1 heterocycles. The number of hydrogen-bond acceptors (Lipinski definition) is 6. The third kappa shape index (κ3) is 3.42. The Bertz CT molecular complexity index is 951. The second-order valence-corrected chi connectivity index (χ2v) is 5.58. The predicted octanol–water partition coefficient (Wildman–Crippen LogP) is 1.52. The van der Waals surface area contributed by atoms with Crippen LogP contribution in [0.3, 0.4) is 0 Å². The third-order valence-electron chi connectivity index (χ3n) is 3.90. The van der Waals surface area contributed by atoms with Crippen molar-refractivity contribution in [2.75, 3.05) is 12.4 Å². The summed E-state index contributed by atoms with van der Waals surface area (Å²) in [7, 11) is 1.52. The highest BCUT2D eigenvalue weighted by Gasteiger charge is 2.14. The molecule has 0 atom stereocenters. The second kappa shape index (κ2) is 6.84. The predicted molar refractivity (Wildman–Crippen MR) is 93.0 cm³/mol. The molecule has 25 heavy (non-hydrogen) atoms. The van der Waals surface area contributed by atoms with Crippen molar-refractivity contribution in [3.63, 3.8) is 0 Å². The quantitative estimate of drug-likeness (QED) is 0.414. The maximum Gasteiger partial charge on any atom is 0.306 e. The summed E-state index contributed by atoms with van der Waals surface area (Å²) in [6, 6.07) is 14.6. The van der Waals surface area contributed by atoms with Crippen molar-refractivity contribution in [2.24, 2.45) is 0 Å². The van der Waals surface area contributed by atoms with Crippen molar-refractivity contribution in [3.8, 4) is 5.75 Å². The third-order valence-corrected chi connectivity index (χ3v) is 3.90. The summed E-state index contributed by atoms with van der Waals surface area (Å²) in [6.07, 6.45) is -1.30. The number of rotatable bonds is 5. The average Bonchev–Trinajstić information content (AvgIpc) is 2.59. The van der Waals surface area contributed by atoms with Crippen molar-refractivity contribution < 1.29 is 20.2 Å². The Balaban J connectivity index is 2.15. The highest BCUT2D eigenvalue weighted by atomic mass is 16.5. The Kier molecular flexibility index (Phi) is 4.60. The van der Waals surface area contributed by atoms with E-state index in [1.165, 1.54) is 13.2 Å². The fourth-order valence-electron chi connectivity index (χ4n) is 2.76. The van der Waals surface area contributed by atoms with Crippen LogP contribution in [-0.4, -0.2) is 33.7 Å². The average molecular weight is 342 g/mol. The van der Waals surface area contributed by atoms with Crippen molar-refractivity contribution in [1.29, 1.82) is 0 Å². The standard InChI is InChI=1S/C18H18N2O5/c1-25-16-10-15-12(8-13(16)7-11-5-3-2-4-6-11)9-14(19-18(22)23)17(21)20(15)24/h2-6,8-10,18-19,22-24H,7H2,1H3. The Morgan fingerprint density at radius 3 is 2.52 bits per heavy atom. The lowest BCUT2D eigenvalue weighted by molar-refractivity contribution is -0.0149. The lowest BCUT2D eigenvalue weighted by Gasteiger charge is -2.14. The van der Waals surface area contributed by atoms with E-state index in [0.29, 0.717) is 22.3 Å². The summed E-state index contributed by atoms with van der Waals surface area (Å²) < 4.78 is 5.85. The van der Waals surface area contributed by atoms with Crippen LogP contribution in [0, 0.1) is 0 Å². The van der Waals surface area contributed by atoms with E-state index in [1.54, 1.807) is 12.1 Å². The molecule has 0 unspecified atom stereocenters. The number of nitrogens with one attached hydrogen (secondary N) is 1. The van der Waals surface area contributed by atoms with E-state index < -0.39 is 12.0 Å². The van der Waals surface area contributed by atoms with Gasteiger partial charge in [0.2, 0.25) is 6.41 Å². The monoisotopic (exact) mass is 342 g/mol. The van der Waals surface area contributed by atoms with Gasteiger partial charge in [0.1, 0.15) is 11.4 Å². The normalized spacial score (nSPS) is 11.0. The molecule has 0 amide bonds. The summed E-state index contributed by atoms with van der Waals surface area (Å²) in [5, 5.41) is 30.9. The number of benzene rings is 2. The smallest absolute Gasteiger partial charge is 0.306 e. The van der Waals surface area contributed by atoms with Crippen molar-refractivity contribution in [2.45, 2.75) is 12.8 Å². The topological polar surface area (TPSA) is 104 Å². The molecule has 2 aromatic carbocycles. The van der Waals surface area contributed by atoms with Gasteiger partial charge in [-0.3, -0.25) is 4.79 Å². The van der Waals surface area contributed by atoms with E-state index in [9.17, 15) is 10.0 Å². The molecule has 0 fully saturated rings. The first-order chi connectivity index (χ1) is 12.0. The zero-order valence-corrected chi connectivity index (χ0v) is 13.5. The minimum Gasteiger partial charge on any atom is -0.496 e. The summed E-state index contributed by atoms with van der Waals surface area (Å²) in [4.78, 5) is 12.1. The van der Waals surface area contributed by atoms with Crippen LogP contribution in [0.25, 0.3) is 10.9 Å². The molecule has 0 saturated carbocycles. The number of hydrogen-bond donors (Lipinski definition) is 4. The van der Waals surface area contributed by atoms with Crippen LogP contribution in [0.2, 0.25) is 0 Å². The fourth-order valence-corrected chi connectivity index (χ4v) is 2.76. The number of aromatic nitrogens is 1. The van der Waals surface area contributed by atoms with E-state index in [0.717, 1.165) is 11.1 Å². The minimum absolute atomic E-state index is 0.124. The highest BCUT2D eigenvalue weighted by molar-refractivity contribution is 5.84. The van der Waals surface area contributed by atoms with Crippen LogP contribution in [0.4, 0.5) is 5.69 Å². The van der Waals surface area contributed by atoms with E-state index in [-0.39, 0.29) is 11.2 Å². The number of methoxy groups -OCH3 is 1. The van der Waals surface area contributed by atoms with Gasteiger partial charge in [-0.05, 0) is 23.3 Å². The zero-order chi connectivity index (χ0) is 18.0. The number of anilines is 1. The molecule has 0 saturated heterocycles. The summed E-state index contributed by atoms with van der Waals surface area (Å²) >= 11 is 0. The summed E-state index contributed by atoms with van der Waals surface area (Å²) in [5.74, 6) is 0.543. The van der Waals surface area contributed by atoms with Crippen LogP contribution < -0.4 is 15.6 Å². The van der Waals surface area contributed by atoms with Gasteiger partial charge in [0.05, 0.1) is 12.6 Å². The lowest BCUT2D eigenvalue weighted by Crippen LogP contribution is -2.27. The zero-order valence-electron chi connectivity index (χ0n) is 13.5. The second-order valence-electron chi connectivity index (χ2n) is 5.58. The van der Waals surface area contributed by atoms with Crippen molar-refractivity contribution in [1.82, 2.24) is 4.73 Å². The Morgan fingerprint density at radius 1 is 1.16 bits per heavy atom. The Labute approximate surface area is 143 Å². The van der Waals surface area contributed by atoms with Crippen LogP contribution >= 0.6 is 0 Å². The molecule has 1 aromatic heterocycles. The van der Waals surface area contributed by atoms with Gasteiger partial charge in [0.25, 0.3) is 0 Å². The number of nitrogens with zero attached hydrogens (tertiary/aromatic N) is 1. The van der Waals surface area contributed by atoms with E-state index >= 15 is 0 Å². The van der Waals surface area contributed by atoms with Crippen molar-refractivity contribution in [3.05, 3.63) is 70.0 Å². The molecule has 0 aliphatic rings. The molecule has 3 rings (SSSR count). The first-order valence-corrected chi connectivity index (χ1v) is 7.62. The maximum absolute atomic E-state index is 12.1. The molecule has 130 valence electrons. The van der Waals surface area contributed by atoms with Crippen LogP contribution in [0.1, 0.15) is 11.1 Å².